The van der Waals surface area contributed by atoms with Crippen LogP contribution in [0.25, 0.3) is 23.0 Å². The second kappa shape index (κ2) is 7.02. The zero-order valence-electron chi connectivity index (χ0n) is 13.9. The van der Waals surface area contributed by atoms with Crippen LogP contribution in [-0.4, -0.2) is 18.6 Å². The molecule has 4 aromatic rings. The molecule has 0 bridgehead atoms. The summed E-state index contributed by atoms with van der Waals surface area (Å²) in [4.78, 5) is 4.51. The van der Waals surface area contributed by atoms with Gasteiger partial charge in [-0.25, -0.2) is 8.42 Å². The van der Waals surface area contributed by atoms with E-state index in [-0.39, 0.29) is 22.3 Å². The zero-order chi connectivity index (χ0) is 18.9. The van der Waals surface area contributed by atoms with Crippen molar-refractivity contribution in [3.8, 4) is 23.0 Å². The number of nitrogens with zero attached hydrogens (tertiary/aromatic N) is 2. The molecule has 0 fully saturated rings. The summed E-state index contributed by atoms with van der Waals surface area (Å²) in [7, 11) is -3.50. The first-order valence-corrected chi connectivity index (χ1v) is 10.0. The number of furan rings is 1. The normalized spacial score (nSPS) is 11.6. The standard InChI is InChI=1S/C19H13ClN2O4S/c20-16-9-5-4-8-15(16)18-21-19(26-22-18)17-11-10-13(25-17)12-27(23,24)14-6-2-1-3-7-14/h1-11H,12H2. The molecule has 2 aromatic carbocycles. The number of rotatable bonds is 5. The highest BCUT2D eigenvalue weighted by molar-refractivity contribution is 7.90. The predicted molar refractivity (Wildman–Crippen MR) is 99.8 cm³/mol. The van der Waals surface area contributed by atoms with Crippen LogP contribution in [0.5, 0.6) is 0 Å². The molecule has 0 aliphatic rings. The molecular weight excluding hydrogens is 388 g/mol. The number of hydrogen-bond acceptors (Lipinski definition) is 6. The van der Waals surface area contributed by atoms with E-state index >= 15 is 0 Å². The molecule has 6 nitrogen and oxygen atoms in total. The highest BCUT2D eigenvalue weighted by atomic mass is 35.5. The summed E-state index contributed by atoms with van der Waals surface area (Å²) in [5.74, 6) is 0.784. The Morgan fingerprint density at radius 3 is 2.44 bits per heavy atom. The third kappa shape index (κ3) is 3.65. The molecule has 0 saturated carbocycles. The van der Waals surface area contributed by atoms with E-state index in [4.69, 9.17) is 20.5 Å². The first-order valence-electron chi connectivity index (χ1n) is 7.98. The van der Waals surface area contributed by atoms with Crippen molar-refractivity contribution in [2.45, 2.75) is 10.6 Å². The van der Waals surface area contributed by atoms with Crippen LogP contribution >= 0.6 is 11.6 Å². The van der Waals surface area contributed by atoms with Gasteiger partial charge in [-0.2, -0.15) is 4.98 Å². The van der Waals surface area contributed by atoms with E-state index in [1.807, 2.05) is 6.07 Å². The van der Waals surface area contributed by atoms with Crippen LogP contribution in [0.15, 0.2) is 80.6 Å². The lowest BCUT2D eigenvalue weighted by molar-refractivity contribution is 0.413. The summed E-state index contributed by atoms with van der Waals surface area (Å²) in [6, 6.07) is 18.5. The first-order chi connectivity index (χ1) is 13.0. The van der Waals surface area contributed by atoms with Gasteiger partial charge in [-0.15, -0.1) is 0 Å². The van der Waals surface area contributed by atoms with Gasteiger partial charge in [-0.05, 0) is 36.4 Å². The molecule has 0 aliphatic heterocycles. The Labute approximate surface area is 160 Å². The van der Waals surface area contributed by atoms with Crippen molar-refractivity contribution in [1.29, 1.82) is 0 Å². The predicted octanol–water partition coefficient (Wildman–Crippen LogP) is 4.62. The Balaban J connectivity index is 1.58. The topological polar surface area (TPSA) is 86.2 Å². The van der Waals surface area contributed by atoms with Crippen molar-refractivity contribution in [3.63, 3.8) is 0 Å². The van der Waals surface area contributed by atoms with E-state index in [0.717, 1.165) is 0 Å². The monoisotopic (exact) mass is 400 g/mol. The van der Waals surface area contributed by atoms with Crippen molar-refractivity contribution in [2.24, 2.45) is 0 Å². The summed E-state index contributed by atoms with van der Waals surface area (Å²) < 4.78 is 35.7. The minimum Gasteiger partial charge on any atom is -0.455 e. The Morgan fingerprint density at radius 1 is 0.926 bits per heavy atom. The molecular formula is C19H13ClN2O4S. The quantitative estimate of drug-likeness (QED) is 0.485. The molecule has 4 rings (SSSR count). The van der Waals surface area contributed by atoms with Gasteiger partial charge in [0.2, 0.25) is 5.82 Å². The maximum Gasteiger partial charge on any atom is 0.293 e. The Bertz CT molecular complexity index is 1180. The largest absolute Gasteiger partial charge is 0.455 e. The fourth-order valence-corrected chi connectivity index (χ4v) is 4.03. The van der Waals surface area contributed by atoms with Crippen LogP contribution in [0.1, 0.15) is 5.76 Å². The molecule has 0 atom stereocenters. The van der Waals surface area contributed by atoms with Gasteiger partial charge in [-0.3, -0.25) is 0 Å². The number of aromatic nitrogens is 2. The summed E-state index contributed by atoms with van der Waals surface area (Å²) >= 11 is 6.14. The smallest absolute Gasteiger partial charge is 0.293 e. The molecule has 0 spiro atoms. The van der Waals surface area contributed by atoms with E-state index in [0.29, 0.717) is 22.2 Å². The minimum atomic E-state index is -3.50. The number of halogens is 1. The fourth-order valence-electron chi connectivity index (χ4n) is 2.54. The lowest BCUT2D eigenvalue weighted by Crippen LogP contribution is -2.03. The summed E-state index contributed by atoms with van der Waals surface area (Å²) in [6.45, 7) is 0. The molecule has 136 valence electrons. The molecule has 27 heavy (non-hydrogen) atoms. The first kappa shape index (κ1) is 17.5. The molecule has 0 radical (unpaired) electrons. The average molecular weight is 401 g/mol. The lowest BCUT2D eigenvalue weighted by atomic mass is 10.2. The molecule has 0 N–H and O–H groups in total. The van der Waals surface area contributed by atoms with E-state index in [1.54, 1.807) is 60.7 Å². The maximum absolute atomic E-state index is 12.4. The minimum absolute atomic E-state index is 0.147. The fraction of sp³-hybridized carbons (Fsp3) is 0.0526. The zero-order valence-corrected chi connectivity index (χ0v) is 15.4. The van der Waals surface area contributed by atoms with Crippen LogP contribution in [0.4, 0.5) is 0 Å². The molecule has 0 unspecified atom stereocenters. The van der Waals surface area contributed by atoms with Crippen molar-refractivity contribution in [3.05, 3.63) is 77.5 Å². The second-order valence-corrected chi connectivity index (χ2v) is 8.14. The third-order valence-electron chi connectivity index (χ3n) is 3.85. The van der Waals surface area contributed by atoms with Gasteiger partial charge >= 0.3 is 0 Å². The second-order valence-electron chi connectivity index (χ2n) is 5.74. The number of hydrogen-bond donors (Lipinski definition) is 0. The van der Waals surface area contributed by atoms with Gasteiger partial charge in [0.1, 0.15) is 11.5 Å². The summed E-state index contributed by atoms with van der Waals surface area (Å²) in [5, 5.41) is 4.41. The van der Waals surface area contributed by atoms with Gasteiger partial charge in [-0.1, -0.05) is 47.1 Å². The number of sulfone groups is 1. The van der Waals surface area contributed by atoms with Crippen LogP contribution in [0.2, 0.25) is 5.02 Å². The lowest BCUT2D eigenvalue weighted by Gasteiger charge is -2.01. The van der Waals surface area contributed by atoms with E-state index in [1.165, 1.54) is 0 Å². The van der Waals surface area contributed by atoms with Gasteiger partial charge in [0, 0.05) is 5.56 Å². The molecule has 0 saturated heterocycles. The number of benzene rings is 2. The van der Waals surface area contributed by atoms with Crippen LogP contribution in [-0.2, 0) is 15.6 Å². The van der Waals surface area contributed by atoms with E-state index in [9.17, 15) is 8.42 Å². The molecule has 2 aromatic heterocycles. The van der Waals surface area contributed by atoms with Crippen molar-refractivity contribution in [2.75, 3.05) is 0 Å². The molecule has 0 aliphatic carbocycles. The molecule has 2 heterocycles. The molecule has 8 heteroatoms. The van der Waals surface area contributed by atoms with Gasteiger partial charge < -0.3 is 8.94 Å². The average Bonchev–Trinajstić information content (AvgIpc) is 3.32. The maximum atomic E-state index is 12.4. The molecule has 0 amide bonds. The van der Waals surface area contributed by atoms with Crippen LogP contribution < -0.4 is 0 Å². The van der Waals surface area contributed by atoms with E-state index < -0.39 is 9.84 Å². The van der Waals surface area contributed by atoms with Gasteiger partial charge in [0.25, 0.3) is 5.89 Å². The van der Waals surface area contributed by atoms with Crippen molar-refractivity contribution in [1.82, 2.24) is 10.1 Å². The summed E-state index contributed by atoms with van der Waals surface area (Å²) in [6.07, 6.45) is 0. The van der Waals surface area contributed by atoms with Crippen molar-refractivity contribution < 1.29 is 17.4 Å². The van der Waals surface area contributed by atoms with Crippen LogP contribution in [0.3, 0.4) is 0 Å². The van der Waals surface area contributed by atoms with Gasteiger partial charge in [0.05, 0.1) is 9.92 Å². The van der Waals surface area contributed by atoms with Gasteiger partial charge in [0.15, 0.2) is 15.6 Å². The Kier molecular flexibility index (Phi) is 4.55. The summed E-state index contributed by atoms with van der Waals surface area (Å²) in [5.41, 5.74) is 0.632. The highest BCUT2D eigenvalue weighted by Gasteiger charge is 2.20. The Morgan fingerprint density at radius 2 is 1.67 bits per heavy atom. The van der Waals surface area contributed by atoms with Crippen molar-refractivity contribution >= 4 is 21.4 Å². The SMILES string of the molecule is O=S(=O)(Cc1ccc(-c2nc(-c3ccccc3Cl)no2)o1)c1ccccc1. The van der Waals surface area contributed by atoms with E-state index in [2.05, 4.69) is 10.1 Å². The highest BCUT2D eigenvalue weighted by Crippen LogP contribution is 2.29. The third-order valence-corrected chi connectivity index (χ3v) is 5.83. The van der Waals surface area contributed by atoms with Crippen LogP contribution in [0, 0.1) is 0 Å². The Hall–Kier alpha value is -2.90.